The molecule has 5 rings (SSSR count). The van der Waals surface area contributed by atoms with E-state index in [-0.39, 0.29) is 0 Å². The molecule has 1 aromatic carbocycles. The number of nitrogens with one attached hydrogen (secondary N) is 1. The first kappa shape index (κ1) is 18.8. The summed E-state index contributed by atoms with van der Waals surface area (Å²) < 4.78 is 13.0. The summed E-state index contributed by atoms with van der Waals surface area (Å²) in [5.74, 6) is 1.59. The maximum Gasteiger partial charge on any atom is 0.181 e. The standard InChI is InChI=1S/C23H25N5O2/c1-29-19-6-3-17(4-7-19)23-20(15-27-11-2-9-24-10-12-27)28-14-18(5-8-22(28)26-23)21-13-25-16-30-21/h3-8,13-14,16,24H,2,9-12,15H2,1H3. The van der Waals surface area contributed by atoms with E-state index in [9.17, 15) is 0 Å². The number of ether oxygens (including phenoxy) is 1. The van der Waals surface area contributed by atoms with Gasteiger partial charge in [-0.3, -0.25) is 4.90 Å². The fraction of sp³-hybridized carbons (Fsp3) is 0.304. The Morgan fingerprint density at radius 2 is 1.93 bits per heavy atom. The van der Waals surface area contributed by atoms with Gasteiger partial charge < -0.3 is 18.9 Å². The SMILES string of the molecule is COc1ccc(-c2nc3ccc(-c4cnco4)cn3c2CN2CCCNCC2)cc1. The fourth-order valence-corrected chi connectivity index (χ4v) is 4.00. The lowest BCUT2D eigenvalue weighted by atomic mass is 10.1. The van der Waals surface area contributed by atoms with Gasteiger partial charge in [0.2, 0.25) is 0 Å². The Kier molecular flexibility index (Phi) is 5.21. The Hall–Kier alpha value is -3.16. The number of benzene rings is 1. The van der Waals surface area contributed by atoms with Gasteiger partial charge in [-0.05, 0) is 55.9 Å². The summed E-state index contributed by atoms with van der Waals surface area (Å²) in [6.45, 7) is 5.02. The molecule has 30 heavy (non-hydrogen) atoms. The molecule has 4 aromatic rings. The third kappa shape index (κ3) is 3.69. The molecular formula is C23H25N5O2. The number of hydrogen-bond donors (Lipinski definition) is 1. The van der Waals surface area contributed by atoms with Gasteiger partial charge in [0.1, 0.15) is 11.4 Å². The molecule has 1 aliphatic heterocycles. The van der Waals surface area contributed by atoms with Crippen molar-refractivity contribution >= 4 is 5.65 Å². The second-order valence-electron chi connectivity index (χ2n) is 7.53. The molecule has 4 heterocycles. The number of oxazole rings is 1. The molecule has 0 atom stereocenters. The second kappa shape index (κ2) is 8.30. The van der Waals surface area contributed by atoms with Crippen LogP contribution < -0.4 is 10.1 Å². The molecule has 0 saturated carbocycles. The van der Waals surface area contributed by atoms with Crippen LogP contribution >= 0.6 is 0 Å². The van der Waals surface area contributed by atoms with E-state index in [0.29, 0.717) is 0 Å². The Morgan fingerprint density at radius 1 is 1.07 bits per heavy atom. The van der Waals surface area contributed by atoms with Crippen LogP contribution in [0.15, 0.2) is 59.6 Å². The highest BCUT2D eigenvalue weighted by Gasteiger charge is 2.19. The van der Waals surface area contributed by atoms with Crippen molar-refractivity contribution in [1.82, 2.24) is 24.6 Å². The number of fused-ring (bicyclic) bond motifs is 1. The third-order valence-electron chi connectivity index (χ3n) is 5.60. The fourth-order valence-electron chi connectivity index (χ4n) is 4.00. The van der Waals surface area contributed by atoms with Gasteiger partial charge in [0.25, 0.3) is 0 Å². The summed E-state index contributed by atoms with van der Waals surface area (Å²) in [5.41, 5.74) is 5.18. The molecule has 0 spiro atoms. The van der Waals surface area contributed by atoms with Crippen LogP contribution in [0.3, 0.4) is 0 Å². The van der Waals surface area contributed by atoms with Crippen LogP contribution in [0, 0.1) is 0 Å². The maximum absolute atomic E-state index is 5.51. The van der Waals surface area contributed by atoms with Gasteiger partial charge in [-0.15, -0.1) is 0 Å². The van der Waals surface area contributed by atoms with Gasteiger partial charge in [0.05, 0.1) is 24.7 Å². The van der Waals surface area contributed by atoms with E-state index in [1.165, 1.54) is 12.1 Å². The lowest BCUT2D eigenvalue weighted by Crippen LogP contribution is -2.28. The summed E-state index contributed by atoms with van der Waals surface area (Å²) in [6.07, 6.45) is 6.45. The topological polar surface area (TPSA) is 67.8 Å². The maximum atomic E-state index is 5.51. The van der Waals surface area contributed by atoms with Crippen LogP contribution in [0.25, 0.3) is 28.2 Å². The van der Waals surface area contributed by atoms with Crippen molar-refractivity contribution in [3.8, 4) is 28.3 Å². The molecule has 7 nitrogen and oxygen atoms in total. The largest absolute Gasteiger partial charge is 0.497 e. The van der Waals surface area contributed by atoms with Gasteiger partial charge in [-0.25, -0.2) is 9.97 Å². The highest BCUT2D eigenvalue weighted by molar-refractivity contribution is 5.69. The van der Waals surface area contributed by atoms with Crippen LogP contribution in [0.1, 0.15) is 12.1 Å². The molecule has 1 aliphatic rings. The van der Waals surface area contributed by atoms with Crippen molar-refractivity contribution in [2.75, 3.05) is 33.3 Å². The number of hydrogen-bond acceptors (Lipinski definition) is 6. The van der Waals surface area contributed by atoms with E-state index in [4.69, 9.17) is 14.1 Å². The van der Waals surface area contributed by atoms with Gasteiger partial charge in [0, 0.05) is 37.0 Å². The number of nitrogens with zero attached hydrogens (tertiary/aromatic N) is 4. The predicted octanol–water partition coefficient (Wildman–Crippen LogP) is 3.46. The Labute approximate surface area is 175 Å². The minimum absolute atomic E-state index is 0.751. The van der Waals surface area contributed by atoms with E-state index in [1.54, 1.807) is 13.3 Å². The Morgan fingerprint density at radius 3 is 2.73 bits per heavy atom. The Bertz CT molecular complexity index is 1110. The summed E-state index contributed by atoms with van der Waals surface area (Å²) in [5, 5.41) is 3.48. The van der Waals surface area contributed by atoms with Crippen molar-refractivity contribution in [1.29, 1.82) is 0 Å². The first-order valence-corrected chi connectivity index (χ1v) is 10.3. The molecule has 1 N–H and O–H groups in total. The van der Waals surface area contributed by atoms with Crippen molar-refractivity contribution in [2.24, 2.45) is 0 Å². The van der Waals surface area contributed by atoms with Gasteiger partial charge >= 0.3 is 0 Å². The molecule has 7 heteroatoms. The van der Waals surface area contributed by atoms with Crippen LogP contribution in [0.4, 0.5) is 0 Å². The normalized spacial score (nSPS) is 15.4. The molecule has 3 aromatic heterocycles. The minimum Gasteiger partial charge on any atom is -0.497 e. The average Bonchev–Trinajstić information content (AvgIpc) is 3.36. The highest BCUT2D eigenvalue weighted by Crippen LogP contribution is 2.29. The van der Waals surface area contributed by atoms with Crippen LogP contribution in [-0.4, -0.2) is 52.6 Å². The van der Waals surface area contributed by atoms with Crippen LogP contribution in [-0.2, 0) is 6.54 Å². The van der Waals surface area contributed by atoms with E-state index in [1.807, 2.05) is 24.3 Å². The monoisotopic (exact) mass is 403 g/mol. The van der Waals surface area contributed by atoms with Crippen LogP contribution in [0.5, 0.6) is 5.75 Å². The van der Waals surface area contributed by atoms with Crippen molar-refractivity contribution < 1.29 is 9.15 Å². The van der Waals surface area contributed by atoms with Crippen molar-refractivity contribution in [3.63, 3.8) is 0 Å². The highest BCUT2D eigenvalue weighted by atomic mass is 16.5. The molecule has 154 valence electrons. The summed E-state index contributed by atoms with van der Waals surface area (Å²) in [7, 11) is 1.68. The summed E-state index contributed by atoms with van der Waals surface area (Å²) >= 11 is 0. The first-order valence-electron chi connectivity index (χ1n) is 10.3. The van der Waals surface area contributed by atoms with E-state index < -0.39 is 0 Å². The third-order valence-corrected chi connectivity index (χ3v) is 5.60. The predicted molar refractivity (Wildman–Crippen MR) is 115 cm³/mol. The number of pyridine rings is 1. The second-order valence-corrected chi connectivity index (χ2v) is 7.53. The van der Waals surface area contributed by atoms with Crippen LogP contribution in [0.2, 0.25) is 0 Å². The minimum atomic E-state index is 0.751. The zero-order chi connectivity index (χ0) is 20.3. The van der Waals surface area contributed by atoms with E-state index in [0.717, 1.165) is 73.1 Å². The molecule has 0 amide bonds. The lowest BCUT2D eigenvalue weighted by Gasteiger charge is -2.20. The van der Waals surface area contributed by atoms with Gasteiger partial charge in [-0.2, -0.15) is 0 Å². The molecule has 0 aliphatic carbocycles. The molecule has 0 radical (unpaired) electrons. The zero-order valence-electron chi connectivity index (χ0n) is 17.0. The number of imidazole rings is 1. The first-order chi connectivity index (χ1) is 14.8. The molecule has 1 saturated heterocycles. The smallest absolute Gasteiger partial charge is 0.181 e. The lowest BCUT2D eigenvalue weighted by molar-refractivity contribution is 0.281. The van der Waals surface area contributed by atoms with E-state index >= 15 is 0 Å². The molecule has 1 fully saturated rings. The number of aromatic nitrogens is 3. The summed E-state index contributed by atoms with van der Waals surface area (Å²) in [6, 6.07) is 12.2. The quantitative estimate of drug-likeness (QED) is 0.550. The van der Waals surface area contributed by atoms with Crippen molar-refractivity contribution in [2.45, 2.75) is 13.0 Å². The number of rotatable bonds is 5. The average molecular weight is 403 g/mol. The molecule has 0 bridgehead atoms. The Balaban J connectivity index is 1.61. The molecule has 0 unspecified atom stereocenters. The number of methoxy groups -OCH3 is 1. The van der Waals surface area contributed by atoms with Gasteiger partial charge in [-0.1, -0.05) is 0 Å². The zero-order valence-corrected chi connectivity index (χ0v) is 17.0. The molecular weight excluding hydrogens is 378 g/mol. The van der Waals surface area contributed by atoms with Crippen molar-refractivity contribution in [3.05, 3.63) is 60.9 Å². The van der Waals surface area contributed by atoms with E-state index in [2.05, 4.69) is 37.9 Å². The van der Waals surface area contributed by atoms with Gasteiger partial charge in [0.15, 0.2) is 12.2 Å². The summed E-state index contributed by atoms with van der Waals surface area (Å²) in [4.78, 5) is 11.5.